The third kappa shape index (κ3) is 5.00. The topological polar surface area (TPSA) is 47.6 Å². The number of hydrogen-bond donors (Lipinski definition) is 1. The highest BCUT2D eigenvalue weighted by Gasteiger charge is 2.13. The Labute approximate surface area is 129 Å². The molecule has 1 aromatic rings. The van der Waals surface area contributed by atoms with E-state index in [-0.39, 0.29) is 5.25 Å². The van der Waals surface area contributed by atoms with Crippen LogP contribution in [-0.2, 0) is 17.2 Å². The average molecular weight is 311 g/mol. The van der Waals surface area contributed by atoms with Gasteiger partial charge in [0.1, 0.15) is 0 Å². The molecule has 0 fully saturated rings. The van der Waals surface area contributed by atoms with E-state index in [1.807, 2.05) is 13.0 Å². The van der Waals surface area contributed by atoms with Gasteiger partial charge in [0, 0.05) is 28.3 Å². The summed E-state index contributed by atoms with van der Waals surface area (Å²) in [5.74, 6) is 1.69. The first-order valence-corrected chi connectivity index (χ1v) is 9.12. The minimum Gasteiger partial charge on any atom is -0.454 e. The van der Waals surface area contributed by atoms with Gasteiger partial charge in [0.2, 0.25) is 6.79 Å². The zero-order chi connectivity index (χ0) is 15.2. The van der Waals surface area contributed by atoms with Gasteiger partial charge in [0.05, 0.1) is 0 Å². The number of hydrogen-bond acceptors (Lipinski definition) is 4. The first kappa shape index (κ1) is 16.3. The zero-order valence-electron chi connectivity index (χ0n) is 13.1. The molecule has 118 valence electrons. The summed E-state index contributed by atoms with van der Waals surface area (Å²) in [5, 5.41) is 3.76. The summed E-state index contributed by atoms with van der Waals surface area (Å²) in [4.78, 5) is 0. The first-order valence-electron chi connectivity index (χ1n) is 7.50. The molecule has 0 aromatic heterocycles. The van der Waals surface area contributed by atoms with Gasteiger partial charge in [-0.1, -0.05) is 13.0 Å². The molecule has 1 N–H and O–H groups in total. The van der Waals surface area contributed by atoms with Crippen molar-refractivity contribution in [1.82, 2.24) is 5.32 Å². The lowest BCUT2D eigenvalue weighted by Gasteiger charge is -2.15. The molecule has 4 nitrogen and oxygen atoms in total. The number of rotatable bonds is 8. The predicted octanol–water partition coefficient (Wildman–Crippen LogP) is 2.48. The van der Waals surface area contributed by atoms with Crippen LogP contribution in [0.3, 0.4) is 0 Å². The van der Waals surface area contributed by atoms with Crippen LogP contribution in [0.2, 0.25) is 0 Å². The highest BCUT2D eigenvalue weighted by Crippen LogP contribution is 2.32. The molecule has 21 heavy (non-hydrogen) atoms. The van der Waals surface area contributed by atoms with E-state index in [9.17, 15) is 4.21 Å². The number of fused-ring (bicyclic) bond motifs is 1. The maximum atomic E-state index is 11.3. The van der Waals surface area contributed by atoms with Crippen molar-refractivity contribution >= 4 is 10.8 Å². The Morgan fingerprint density at radius 3 is 2.76 bits per heavy atom. The van der Waals surface area contributed by atoms with Crippen LogP contribution in [-0.4, -0.2) is 35.1 Å². The van der Waals surface area contributed by atoms with Gasteiger partial charge in [-0.2, -0.15) is 0 Å². The van der Waals surface area contributed by atoms with Crippen LogP contribution in [0.25, 0.3) is 0 Å². The van der Waals surface area contributed by atoms with Crippen molar-refractivity contribution < 1.29 is 13.7 Å². The Bertz CT molecular complexity index is 492. The maximum Gasteiger partial charge on any atom is 0.231 e. The lowest BCUT2D eigenvalue weighted by Crippen LogP contribution is -2.29. The van der Waals surface area contributed by atoms with Crippen molar-refractivity contribution in [2.24, 2.45) is 0 Å². The molecule has 0 radical (unpaired) electrons. The molecule has 1 heterocycles. The molecule has 2 rings (SSSR count). The van der Waals surface area contributed by atoms with E-state index in [0.717, 1.165) is 37.3 Å². The van der Waals surface area contributed by atoms with Gasteiger partial charge in [0.25, 0.3) is 0 Å². The van der Waals surface area contributed by atoms with Gasteiger partial charge in [0.15, 0.2) is 11.5 Å². The van der Waals surface area contributed by atoms with Gasteiger partial charge in [-0.15, -0.1) is 0 Å². The van der Waals surface area contributed by atoms with E-state index >= 15 is 0 Å². The van der Waals surface area contributed by atoms with Gasteiger partial charge < -0.3 is 14.8 Å². The largest absolute Gasteiger partial charge is 0.454 e. The van der Waals surface area contributed by atoms with Crippen molar-refractivity contribution in [2.75, 3.05) is 19.6 Å². The van der Waals surface area contributed by atoms with Crippen molar-refractivity contribution in [3.05, 3.63) is 23.8 Å². The summed E-state index contributed by atoms with van der Waals surface area (Å²) in [6, 6.07) is 6.60. The SMILES string of the molecule is CC(CCc1ccc2c(c1)OCO2)NCCC(C)S(C)=O. The number of nitrogens with one attached hydrogen (secondary N) is 1. The third-order valence-electron chi connectivity index (χ3n) is 3.91. The van der Waals surface area contributed by atoms with Crippen LogP contribution in [0.4, 0.5) is 0 Å². The first-order chi connectivity index (χ1) is 10.1. The summed E-state index contributed by atoms with van der Waals surface area (Å²) in [5.41, 5.74) is 1.27. The van der Waals surface area contributed by atoms with Crippen LogP contribution in [0, 0.1) is 0 Å². The van der Waals surface area contributed by atoms with Crippen molar-refractivity contribution in [2.45, 2.75) is 44.4 Å². The van der Waals surface area contributed by atoms with Crippen LogP contribution in [0.15, 0.2) is 18.2 Å². The summed E-state index contributed by atoms with van der Waals surface area (Å²) in [6.45, 7) is 5.48. The molecule has 0 saturated heterocycles. The number of aryl methyl sites for hydroxylation is 1. The fraction of sp³-hybridized carbons (Fsp3) is 0.625. The molecular weight excluding hydrogens is 286 g/mol. The molecule has 0 aliphatic carbocycles. The molecule has 3 atom stereocenters. The molecule has 3 unspecified atom stereocenters. The molecule has 0 bridgehead atoms. The summed E-state index contributed by atoms with van der Waals surface area (Å²) < 4.78 is 22.0. The van der Waals surface area contributed by atoms with E-state index in [4.69, 9.17) is 9.47 Å². The highest BCUT2D eigenvalue weighted by atomic mass is 32.2. The summed E-state index contributed by atoms with van der Waals surface area (Å²) >= 11 is 0. The lowest BCUT2D eigenvalue weighted by molar-refractivity contribution is 0.174. The molecule has 1 aliphatic heterocycles. The van der Waals surface area contributed by atoms with Gasteiger partial charge in [-0.25, -0.2) is 0 Å². The Kier molecular flexibility index (Phi) is 6.06. The molecule has 0 amide bonds. The van der Waals surface area contributed by atoms with Crippen LogP contribution >= 0.6 is 0 Å². The molecule has 5 heteroatoms. The Balaban J connectivity index is 1.69. The van der Waals surface area contributed by atoms with Gasteiger partial charge in [-0.3, -0.25) is 4.21 Å². The third-order valence-corrected chi connectivity index (χ3v) is 5.28. The smallest absolute Gasteiger partial charge is 0.231 e. The fourth-order valence-corrected chi connectivity index (χ4v) is 2.73. The van der Waals surface area contributed by atoms with Crippen molar-refractivity contribution in [3.63, 3.8) is 0 Å². The van der Waals surface area contributed by atoms with E-state index in [1.54, 1.807) is 6.26 Å². The predicted molar refractivity (Wildman–Crippen MR) is 86.5 cm³/mol. The van der Waals surface area contributed by atoms with Crippen LogP contribution in [0.5, 0.6) is 11.5 Å². The normalized spacial score (nSPS) is 17.5. The lowest BCUT2D eigenvalue weighted by atomic mass is 10.1. The monoisotopic (exact) mass is 311 g/mol. The Morgan fingerprint density at radius 1 is 1.24 bits per heavy atom. The van der Waals surface area contributed by atoms with Crippen molar-refractivity contribution in [1.29, 1.82) is 0 Å². The second-order valence-electron chi connectivity index (χ2n) is 5.68. The average Bonchev–Trinajstić information content (AvgIpc) is 2.92. The highest BCUT2D eigenvalue weighted by molar-refractivity contribution is 7.84. The molecule has 1 aliphatic rings. The van der Waals surface area contributed by atoms with E-state index in [1.165, 1.54) is 5.56 Å². The molecule has 0 saturated carbocycles. The second-order valence-corrected chi connectivity index (χ2v) is 7.48. The minimum atomic E-state index is -0.724. The van der Waals surface area contributed by atoms with E-state index in [0.29, 0.717) is 12.8 Å². The quantitative estimate of drug-likeness (QED) is 0.801. The van der Waals surface area contributed by atoms with Crippen LogP contribution < -0.4 is 14.8 Å². The summed E-state index contributed by atoms with van der Waals surface area (Å²) in [7, 11) is -0.724. The minimum absolute atomic E-state index is 0.263. The maximum absolute atomic E-state index is 11.3. The number of ether oxygens (including phenoxy) is 2. The standard InChI is InChI=1S/C16H25NO3S/c1-12(17-9-8-13(2)21(3)18)4-5-14-6-7-15-16(10-14)20-11-19-15/h6-7,10,12-13,17H,4-5,8-9,11H2,1-3H3. The second kappa shape index (κ2) is 7.80. The summed E-state index contributed by atoms with van der Waals surface area (Å²) in [6.07, 6.45) is 4.81. The van der Waals surface area contributed by atoms with E-state index in [2.05, 4.69) is 24.4 Å². The molecule has 0 spiro atoms. The van der Waals surface area contributed by atoms with Gasteiger partial charge in [-0.05, 0) is 50.4 Å². The van der Waals surface area contributed by atoms with E-state index < -0.39 is 10.8 Å². The Hall–Kier alpha value is -1.07. The number of benzene rings is 1. The fourth-order valence-electron chi connectivity index (χ4n) is 2.28. The molecule has 1 aromatic carbocycles. The van der Waals surface area contributed by atoms with Crippen molar-refractivity contribution in [3.8, 4) is 11.5 Å². The molecular formula is C16H25NO3S. The van der Waals surface area contributed by atoms with Gasteiger partial charge >= 0.3 is 0 Å². The Morgan fingerprint density at radius 2 is 2.00 bits per heavy atom. The van der Waals surface area contributed by atoms with Crippen LogP contribution in [0.1, 0.15) is 32.3 Å². The zero-order valence-corrected chi connectivity index (χ0v) is 13.9.